The molecule has 0 amide bonds. The molecular weight excluding hydrogens is 276 g/mol. The van der Waals surface area contributed by atoms with Gasteiger partial charge in [0.2, 0.25) is 0 Å². The lowest BCUT2D eigenvalue weighted by Crippen LogP contribution is -2.05. The van der Waals surface area contributed by atoms with Crippen LogP contribution in [0.25, 0.3) is 11.7 Å². The number of pyridine rings is 1. The number of aromatic nitrogens is 2. The fourth-order valence-electron chi connectivity index (χ4n) is 2.19. The molecule has 4 heteroatoms. The summed E-state index contributed by atoms with van der Waals surface area (Å²) in [4.78, 5) is 16.3. The second kappa shape index (κ2) is 6.26. The van der Waals surface area contributed by atoms with Gasteiger partial charge in [-0.05, 0) is 30.7 Å². The minimum atomic E-state index is -0.416. The minimum absolute atomic E-state index is 0.223. The molecule has 0 unspecified atom stereocenters. The zero-order valence-electron chi connectivity index (χ0n) is 12.3. The first-order chi connectivity index (χ1) is 10.7. The number of nitrogens with zero attached hydrogens (tertiary/aromatic N) is 2. The van der Waals surface area contributed by atoms with Crippen molar-refractivity contribution in [1.29, 1.82) is 0 Å². The number of carbonyl (C=O) groups is 1. The third kappa shape index (κ3) is 3.06. The van der Waals surface area contributed by atoms with E-state index in [1.165, 1.54) is 0 Å². The Kier molecular flexibility index (Phi) is 4.01. The van der Waals surface area contributed by atoms with E-state index in [0.29, 0.717) is 5.69 Å². The SMILES string of the molecule is Cc1cccc2nc(C(=O)OC/C=C/c3ccccc3)cn12. The molecule has 1 aromatic carbocycles. The van der Waals surface area contributed by atoms with Crippen LogP contribution in [0.5, 0.6) is 0 Å². The van der Waals surface area contributed by atoms with E-state index in [9.17, 15) is 4.79 Å². The largest absolute Gasteiger partial charge is 0.457 e. The van der Waals surface area contributed by atoms with Crippen LogP contribution in [0.4, 0.5) is 0 Å². The van der Waals surface area contributed by atoms with Crippen LogP contribution in [0.2, 0.25) is 0 Å². The van der Waals surface area contributed by atoms with Crippen LogP contribution < -0.4 is 0 Å². The normalized spacial score (nSPS) is 11.1. The van der Waals surface area contributed by atoms with E-state index in [2.05, 4.69) is 4.98 Å². The Labute approximate surface area is 128 Å². The molecule has 2 aromatic heterocycles. The van der Waals surface area contributed by atoms with Crippen LogP contribution in [0.15, 0.2) is 60.8 Å². The average molecular weight is 292 g/mol. The van der Waals surface area contributed by atoms with Crippen molar-refractivity contribution < 1.29 is 9.53 Å². The van der Waals surface area contributed by atoms with Gasteiger partial charge in [0.1, 0.15) is 12.3 Å². The van der Waals surface area contributed by atoms with Gasteiger partial charge in [-0.15, -0.1) is 0 Å². The molecule has 22 heavy (non-hydrogen) atoms. The number of rotatable bonds is 4. The highest BCUT2D eigenvalue weighted by atomic mass is 16.5. The second-order valence-corrected chi connectivity index (χ2v) is 4.93. The zero-order valence-corrected chi connectivity index (χ0v) is 12.3. The summed E-state index contributed by atoms with van der Waals surface area (Å²) in [5, 5.41) is 0. The molecule has 0 fully saturated rings. The van der Waals surface area contributed by atoms with Crippen LogP contribution in [0.1, 0.15) is 21.7 Å². The number of imidazole rings is 1. The van der Waals surface area contributed by atoms with Crippen molar-refractivity contribution in [3.8, 4) is 0 Å². The highest BCUT2D eigenvalue weighted by Gasteiger charge is 2.12. The van der Waals surface area contributed by atoms with Crippen LogP contribution in [-0.2, 0) is 4.74 Å². The third-order valence-corrected chi connectivity index (χ3v) is 3.33. The third-order valence-electron chi connectivity index (χ3n) is 3.33. The van der Waals surface area contributed by atoms with Crippen LogP contribution >= 0.6 is 0 Å². The summed E-state index contributed by atoms with van der Waals surface area (Å²) in [6, 6.07) is 15.6. The van der Waals surface area contributed by atoms with Gasteiger partial charge in [0, 0.05) is 11.9 Å². The van der Waals surface area contributed by atoms with Crippen molar-refractivity contribution in [3.05, 3.63) is 77.8 Å². The second-order valence-electron chi connectivity index (χ2n) is 4.93. The Hall–Kier alpha value is -2.88. The summed E-state index contributed by atoms with van der Waals surface area (Å²) in [6.45, 7) is 2.19. The highest BCUT2D eigenvalue weighted by Crippen LogP contribution is 2.09. The lowest BCUT2D eigenvalue weighted by atomic mass is 10.2. The molecule has 0 saturated carbocycles. The fraction of sp³-hybridized carbons (Fsp3) is 0.111. The molecule has 0 saturated heterocycles. The molecule has 0 aliphatic heterocycles. The van der Waals surface area contributed by atoms with Gasteiger partial charge < -0.3 is 9.14 Å². The molecule has 0 radical (unpaired) electrons. The van der Waals surface area contributed by atoms with Gasteiger partial charge in [-0.3, -0.25) is 0 Å². The predicted molar refractivity (Wildman–Crippen MR) is 85.7 cm³/mol. The quantitative estimate of drug-likeness (QED) is 0.691. The standard InChI is InChI=1S/C18H16N2O2/c1-14-7-5-11-17-19-16(13-20(14)17)18(21)22-12-6-10-15-8-3-2-4-9-15/h2-11,13H,12H2,1H3/b10-6+. The van der Waals surface area contributed by atoms with E-state index in [1.807, 2.05) is 72.0 Å². The summed E-state index contributed by atoms with van der Waals surface area (Å²) >= 11 is 0. The van der Waals surface area contributed by atoms with Gasteiger partial charge in [-0.25, -0.2) is 9.78 Å². The number of fused-ring (bicyclic) bond motifs is 1. The van der Waals surface area contributed by atoms with E-state index in [1.54, 1.807) is 6.20 Å². The lowest BCUT2D eigenvalue weighted by Gasteiger charge is -1.98. The molecule has 0 bridgehead atoms. The number of hydrogen-bond acceptors (Lipinski definition) is 3. The smallest absolute Gasteiger partial charge is 0.358 e. The lowest BCUT2D eigenvalue weighted by molar-refractivity contribution is 0.0544. The van der Waals surface area contributed by atoms with E-state index < -0.39 is 5.97 Å². The van der Waals surface area contributed by atoms with Gasteiger partial charge in [-0.2, -0.15) is 0 Å². The molecule has 0 aliphatic carbocycles. The molecule has 110 valence electrons. The Balaban J connectivity index is 1.64. The van der Waals surface area contributed by atoms with Gasteiger partial charge in [-0.1, -0.05) is 42.5 Å². The van der Waals surface area contributed by atoms with Crippen molar-refractivity contribution in [1.82, 2.24) is 9.38 Å². The molecule has 3 aromatic rings. The van der Waals surface area contributed by atoms with Gasteiger partial charge in [0.15, 0.2) is 5.69 Å². The number of hydrogen-bond donors (Lipinski definition) is 0. The summed E-state index contributed by atoms with van der Waals surface area (Å²) in [6.07, 6.45) is 5.43. The maximum Gasteiger partial charge on any atom is 0.358 e. The Morgan fingerprint density at radius 2 is 2.00 bits per heavy atom. The highest BCUT2D eigenvalue weighted by molar-refractivity contribution is 5.88. The molecule has 0 spiro atoms. The maximum atomic E-state index is 12.0. The monoisotopic (exact) mass is 292 g/mol. The summed E-state index contributed by atoms with van der Waals surface area (Å²) < 4.78 is 7.09. The average Bonchev–Trinajstić information content (AvgIpc) is 2.98. The van der Waals surface area contributed by atoms with Crippen LogP contribution in [0, 0.1) is 6.92 Å². The van der Waals surface area contributed by atoms with Crippen molar-refractivity contribution in [2.45, 2.75) is 6.92 Å². The molecule has 0 N–H and O–H groups in total. The molecular formula is C18H16N2O2. The van der Waals surface area contributed by atoms with E-state index in [-0.39, 0.29) is 6.61 Å². The van der Waals surface area contributed by atoms with E-state index in [0.717, 1.165) is 16.9 Å². The number of benzene rings is 1. The molecule has 2 heterocycles. The Morgan fingerprint density at radius 3 is 2.77 bits per heavy atom. The van der Waals surface area contributed by atoms with Gasteiger partial charge in [0.25, 0.3) is 0 Å². The summed E-state index contributed by atoms with van der Waals surface area (Å²) in [5.74, 6) is -0.416. The first-order valence-electron chi connectivity index (χ1n) is 7.07. The predicted octanol–water partition coefficient (Wildman–Crippen LogP) is 3.51. The number of esters is 1. The van der Waals surface area contributed by atoms with Gasteiger partial charge >= 0.3 is 5.97 Å². The van der Waals surface area contributed by atoms with E-state index in [4.69, 9.17) is 4.74 Å². The zero-order chi connectivity index (χ0) is 15.4. The summed E-state index contributed by atoms with van der Waals surface area (Å²) in [7, 11) is 0. The first kappa shape index (κ1) is 14.1. The van der Waals surface area contributed by atoms with Crippen molar-refractivity contribution in [2.75, 3.05) is 6.61 Å². The minimum Gasteiger partial charge on any atom is -0.457 e. The van der Waals surface area contributed by atoms with Crippen molar-refractivity contribution >= 4 is 17.7 Å². The van der Waals surface area contributed by atoms with Crippen molar-refractivity contribution in [2.24, 2.45) is 0 Å². The van der Waals surface area contributed by atoms with Crippen molar-refractivity contribution in [3.63, 3.8) is 0 Å². The Morgan fingerprint density at radius 1 is 1.18 bits per heavy atom. The van der Waals surface area contributed by atoms with Crippen LogP contribution in [0.3, 0.4) is 0 Å². The van der Waals surface area contributed by atoms with Gasteiger partial charge in [0.05, 0.1) is 0 Å². The molecule has 0 aliphatic rings. The number of carbonyl (C=O) groups excluding carboxylic acids is 1. The molecule has 3 rings (SSSR count). The Bertz CT molecular complexity index is 819. The number of ether oxygens (including phenoxy) is 1. The first-order valence-corrected chi connectivity index (χ1v) is 7.07. The van der Waals surface area contributed by atoms with Crippen LogP contribution in [-0.4, -0.2) is 22.0 Å². The number of aryl methyl sites for hydroxylation is 1. The fourth-order valence-corrected chi connectivity index (χ4v) is 2.19. The molecule has 0 atom stereocenters. The molecule has 4 nitrogen and oxygen atoms in total. The maximum absolute atomic E-state index is 12.0. The summed E-state index contributed by atoms with van der Waals surface area (Å²) in [5.41, 5.74) is 3.16. The van der Waals surface area contributed by atoms with E-state index >= 15 is 0 Å². The topological polar surface area (TPSA) is 43.6 Å².